The van der Waals surface area contributed by atoms with Crippen LogP contribution in [-0.4, -0.2) is 17.0 Å². The van der Waals surface area contributed by atoms with E-state index in [0.29, 0.717) is 28.5 Å². The van der Waals surface area contributed by atoms with Crippen molar-refractivity contribution in [3.8, 4) is 0 Å². The molecule has 1 aliphatic carbocycles. The summed E-state index contributed by atoms with van der Waals surface area (Å²) in [5.74, 6) is -2.08. The molecule has 1 amide bonds. The SMILES string of the molecule is O=C(O)[C@H]1CC[C@@H](C(=O)Nc2ccc(F)cc2I)C1. The van der Waals surface area contributed by atoms with Crippen LogP contribution < -0.4 is 5.32 Å². The first kappa shape index (κ1) is 14.2. The first-order chi connectivity index (χ1) is 8.97. The zero-order valence-electron chi connectivity index (χ0n) is 10.0. The van der Waals surface area contributed by atoms with Gasteiger partial charge in [-0.3, -0.25) is 9.59 Å². The lowest BCUT2D eigenvalue weighted by atomic mass is 10.0. The zero-order chi connectivity index (χ0) is 14.0. The van der Waals surface area contributed by atoms with Gasteiger partial charge in [0, 0.05) is 9.49 Å². The van der Waals surface area contributed by atoms with E-state index in [9.17, 15) is 14.0 Å². The molecule has 19 heavy (non-hydrogen) atoms. The van der Waals surface area contributed by atoms with Crippen LogP contribution >= 0.6 is 22.6 Å². The highest BCUT2D eigenvalue weighted by Crippen LogP contribution is 2.32. The average Bonchev–Trinajstić information content (AvgIpc) is 2.82. The fraction of sp³-hybridized carbons (Fsp3) is 0.385. The van der Waals surface area contributed by atoms with Gasteiger partial charge in [0.1, 0.15) is 5.82 Å². The van der Waals surface area contributed by atoms with Crippen molar-refractivity contribution in [1.82, 2.24) is 0 Å². The molecule has 4 nitrogen and oxygen atoms in total. The standard InChI is InChI=1S/C13H13FINO3/c14-9-3-4-11(10(15)6-9)16-12(17)7-1-2-8(5-7)13(18)19/h3-4,6-8H,1-2,5H2,(H,16,17)(H,18,19)/t7-,8+/m1/s1. The number of amides is 1. The van der Waals surface area contributed by atoms with Gasteiger partial charge in [-0.2, -0.15) is 0 Å². The molecule has 0 unspecified atom stereocenters. The van der Waals surface area contributed by atoms with Gasteiger partial charge >= 0.3 is 5.97 Å². The number of hydrogen-bond acceptors (Lipinski definition) is 2. The van der Waals surface area contributed by atoms with Crippen LogP contribution in [0.4, 0.5) is 10.1 Å². The highest BCUT2D eigenvalue weighted by molar-refractivity contribution is 14.1. The van der Waals surface area contributed by atoms with E-state index in [1.54, 1.807) is 0 Å². The van der Waals surface area contributed by atoms with Gasteiger partial charge in [0.2, 0.25) is 5.91 Å². The summed E-state index contributed by atoms with van der Waals surface area (Å²) in [6.07, 6.45) is 1.49. The molecule has 1 aliphatic rings. The topological polar surface area (TPSA) is 66.4 Å². The molecule has 0 saturated heterocycles. The minimum atomic E-state index is -0.841. The van der Waals surface area contributed by atoms with Gasteiger partial charge in [-0.15, -0.1) is 0 Å². The Hall–Kier alpha value is -1.18. The number of rotatable bonds is 3. The molecule has 2 N–H and O–H groups in total. The fourth-order valence-corrected chi connectivity index (χ4v) is 2.88. The second-order valence-corrected chi connectivity index (χ2v) is 5.82. The van der Waals surface area contributed by atoms with E-state index >= 15 is 0 Å². The summed E-state index contributed by atoms with van der Waals surface area (Å²) in [7, 11) is 0. The van der Waals surface area contributed by atoms with Gasteiger partial charge in [-0.05, 0) is 60.1 Å². The van der Waals surface area contributed by atoms with Gasteiger partial charge in [-0.1, -0.05) is 0 Å². The van der Waals surface area contributed by atoms with E-state index in [0.717, 1.165) is 0 Å². The van der Waals surface area contributed by atoms with Crippen LogP contribution in [-0.2, 0) is 9.59 Å². The Labute approximate surface area is 123 Å². The molecule has 1 aromatic carbocycles. The lowest BCUT2D eigenvalue weighted by molar-refractivity contribution is -0.141. The molecular formula is C13H13FINO3. The van der Waals surface area contributed by atoms with E-state index in [1.165, 1.54) is 18.2 Å². The van der Waals surface area contributed by atoms with Gasteiger partial charge in [0.15, 0.2) is 0 Å². The van der Waals surface area contributed by atoms with Crippen LogP contribution in [0.5, 0.6) is 0 Å². The maximum Gasteiger partial charge on any atom is 0.306 e. The number of benzene rings is 1. The number of anilines is 1. The quantitative estimate of drug-likeness (QED) is 0.797. The summed E-state index contributed by atoms with van der Waals surface area (Å²) < 4.78 is 13.6. The molecule has 102 valence electrons. The molecule has 0 radical (unpaired) electrons. The average molecular weight is 377 g/mol. The largest absolute Gasteiger partial charge is 0.481 e. The van der Waals surface area contributed by atoms with Crippen LogP contribution in [0.25, 0.3) is 0 Å². The van der Waals surface area contributed by atoms with E-state index in [-0.39, 0.29) is 17.6 Å². The van der Waals surface area contributed by atoms with Gasteiger partial charge in [0.25, 0.3) is 0 Å². The van der Waals surface area contributed by atoms with Crippen LogP contribution in [0, 0.1) is 21.2 Å². The predicted molar refractivity (Wildman–Crippen MR) is 76.2 cm³/mol. The number of carboxylic acids is 1. The Morgan fingerprint density at radius 1 is 1.32 bits per heavy atom. The molecule has 2 atom stereocenters. The third kappa shape index (κ3) is 3.43. The minimum Gasteiger partial charge on any atom is -0.481 e. The van der Waals surface area contributed by atoms with Crippen molar-refractivity contribution in [3.05, 3.63) is 27.6 Å². The molecular weight excluding hydrogens is 364 g/mol. The first-order valence-electron chi connectivity index (χ1n) is 5.96. The third-order valence-corrected chi connectivity index (χ3v) is 4.23. The molecule has 0 aliphatic heterocycles. The van der Waals surface area contributed by atoms with E-state index < -0.39 is 11.9 Å². The van der Waals surface area contributed by atoms with Crippen molar-refractivity contribution in [1.29, 1.82) is 0 Å². The van der Waals surface area contributed by atoms with Gasteiger partial charge in [-0.25, -0.2) is 4.39 Å². The Bertz CT molecular complexity index is 521. The van der Waals surface area contributed by atoms with E-state index in [2.05, 4.69) is 5.32 Å². The fourth-order valence-electron chi connectivity index (χ4n) is 2.27. The third-order valence-electron chi connectivity index (χ3n) is 3.34. The van der Waals surface area contributed by atoms with Crippen molar-refractivity contribution in [3.63, 3.8) is 0 Å². The lowest BCUT2D eigenvalue weighted by Gasteiger charge is -2.12. The molecule has 1 saturated carbocycles. The molecule has 2 rings (SSSR count). The Morgan fingerprint density at radius 2 is 2.00 bits per heavy atom. The molecule has 0 aromatic heterocycles. The van der Waals surface area contributed by atoms with Gasteiger partial charge in [0.05, 0.1) is 11.6 Å². The van der Waals surface area contributed by atoms with Crippen LogP contribution in [0.3, 0.4) is 0 Å². The van der Waals surface area contributed by atoms with Gasteiger partial charge < -0.3 is 10.4 Å². The number of halogens is 2. The summed E-state index contributed by atoms with van der Waals surface area (Å²) in [6.45, 7) is 0. The first-order valence-corrected chi connectivity index (χ1v) is 7.04. The summed E-state index contributed by atoms with van der Waals surface area (Å²) in [6, 6.07) is 4.13. The van der Waals surface area contributed by atoms with Crippen molar-refractivity contribution >= 4 is 40.2 Å². The monoisotopic (exact) mass is 377 g/mol. The molecule has 6 heteroatoms. The normalized spacial score (nSPS) is 22.2. The number of carboxylic acid groups (broad SMARTS) is 1. The highest BCUT2D eigenvalue weighted by Gasteiger charge is 2.33. The van der Waals surface area contributed by atoms with Crippen molar-refractivity contribution < 1.29 is 19.1 Å². The number of aliphatic carboxylic acids is 1. The molecule has 0 bridgehead atoms. The van der Waals surface area contributed by atoms with E-state index in [1.807, 2.05) is 22.6 Å². The summed E-state index contributed by atoms with van der Waals surface area (Å²) in [5.41, 5.74) is 0.561. The smallest absolute Gasteiger partial charge is 0.306 e. The number of nitrogens with one attached hydrogen (secondary N) is 1. The molecule has 0 spiro atoms. The Kier molecular flexibility index (Phi) is 4.38. The van der Waals surface area contributed by atoms with Crippen molar-refractivity contribution in [2.24, 2.45) is 11.8 Å². The van der Waals surface area contributed by atoms with Crippen molar-refractivity contribution in [2.45, 2.75) is 19.3 Å². The maximum atomic E-state index is 12.9. The Morgan fingerprint density at radius 3 is 2.58 bits per heavy atom. The maximum absolute atomic E-state index is 12.9. The van der Waals surface area contributed by atoms with Crippen LogP contribution in [0.1, 0.15) is 19.3 Å². The molecule has 0 heterocycles. The summed E-state index contributed by atoms with van der Waals surface area (Å²) >= 11 is 1.95. The Balaban J connectivity index is 2.00. The molecule has 1 aromatic rings. The second kappa shape index (κ2) is 5.85. The lowest BCUT2D eigenvalue weighted by Crippen LogP contribution is -2.22. The molecule has 1 fully saturated rings. The number of carbonyl (C=O) groups is 2. The van der Waals surface area contributed by atoms with Crippen LogP contribution in [0.15, 0.2) is 18.2 Å². The second-order valence-electron chi connectivity index (χ2n) is 4.66. The van der Waals surface area contributed by atoms with Crippen LogP contribution in [0.2, 0.25) is 0 Å². The highest BCUT2D eigenvalue weighted by atomic mass is 127. The summed E-state index contributed by atoms with van der Waals surface area (Å²) in [5, 5.41) is 11.6. The summed E-state index contributed by atoms with van der Waals surface area (Å²) in [4.78, 5) is 22.9. The minimum absolute atomic E-state index is 0.187. The number of hydrogen-bond donors (Lipinski definition) is 2. The van der Waals surface area contributed by atoms with E-state index in [4.69, 9.17) is 5.11 Å². The predicted octanol–water partition coefficient (Wildman–Crippen LogP) is 2.87. The van der Waals surface area contributed by atoms with Crippen molar-refractivity contribution in [2.75, 3.05) is 5.32 Å². The zero-order valence-corrected chi connectivity index (χ0v) is 12.2. The number of carbonyl (C=O) groups excluding carboxylic acids is 1.